The van der Waals surface area contributed by atoms with Gasteiger partial charge in [0.15, 0.2) is 5.78 Å². The molecule has 0 amide bonds. The Kier molecular flexibility index (Phi) is 2.46. The van der Waals surface area contributed by atoms with Crippen LogP contribution in [-0.2, 0) is 12.8 Å². The molecule has 1 aliphatic carbocycles. The number of benzene rings is 2. The van der Waals surface area contributed by atoms with Gasteiger partial charge in [0.05, 0.1) is 0 Å². The summed E-state index contributed by atoms with van der Waals surface area (Å²) < 4.78 is 5.74. The van der Waals surface area contributed by atoms with Crippen LogP contribution in [0.15, 0.2) is 36.4 Å². The predicted octanol–water partition coefficient (Wildman–Crippen LogP) is 3.81. The number of carbonyl (C=O) groups is 1. The summed E-state index contributed by atoms with van der Waals surface area (Å²) >= 11 is 0. The summed E-state index contributed by atoms with van der Waals surface area (Å²) in [5.41, 5.74) is 5.79. The molecule has 0 fully saturated rings. The van der Waals surface area contributed by atoms with Crippen molar-refractivity contribution in [3.63, 3.8) is 0 Å². The topological polar surface area (TPSA) is 26.3 Å². The molecule has 0 aromatic heterocycles. The molecule has 1 aliphatic heterocycles. The average Bonchev–Trinajstić information content (AvgIpc) is 3.00. The van der Waals surface area contributed by atoms with Gasteiger partial charge in [0.25, 0.3) is 0 Å². The molecule has 2 aromatic carbocycles. The monoisotopic (exact) mass is 264 g/mol. The van der Waals surface area contributed by atoms with Crippen LogP contribution in [0.5, 0.6) is 5.75 Å². The second-order valence-electron chi connectivity index (χ2n) is 5.75. The fourth-order valence-corrected chi connectivity index (χ4v) is 3.24. The van der Waals surface area contributed by atoms with E-state index in [1.807, 2.05) is 6.07 Å². The molecule has 1 atom stereocenters. The largest absolute Gasteiger partial charge is 0.490 e. The maximum atomic E-state index is 11.7. The first-order valence-electron chi connectivity index (χ1n) is 7.17. The highest BCUT2D eigenvalue weighted by atomic mass is 16.5. The van der Waals surface area contributed by atoms with Gasteiger partial charge >= 0.3 is 0 Å². The molecule has 0 bridgehead atoms. The summed E-state index contributed by atoms with van der Waals surface area (Å²) in [7, 11) is 0. The standard InChI is InChI=1S/C18H16O2/c1-11-8-15-10-13(4-7-18(15)20-11)12-2-5-16-14(9-12)3-6-17(16)19/h2,4-5,7,9-11H,3,6,8H2,1H3. The highest BCUT2D eigenvalue weighted by Crippen LogP contribution is 2.34. The highest BCUT2D eigenvalue weighted by Gasteiger charge is 2.21. The van der Waals surface area contributed by atoms with E-state index in [4.69, 9.17) is 4.74 Å². The van der Waals surface area contributed by atoms with Crippen molar-refractivity contribution in [1.82, 2.24) is 0 Å². The van der Waals surface area contributed by atoms with E-state index < -0.39 is 0 Å². The van der Waals surface area contributed by atoms with Gasteiger partial charge in [0, 0.05) is 18.4 Å². The molecule has 0 saturated carbocycles. The quantitative estimate of drug-likeness (QED) is 0.783. The van der Waals surface area contributed by atoms with Gasteiger partial charge in [0.1, 0.15) is 11.9 Å². The Balaban J connectivity index is 1.76. The second kappa shape index (κ2) is 4.20. The van der Waals surface area contributed by atoms with Crippen LogP contribution in [-0.4, -0.2) is 11.9 Å². The number of hydrogen-bond acceptors (Lipinski definition) is 2. The molecule has 20 heavy (non-hydrogen) atoms. The summed E-state index contributed by atoms with van der Waals surface area (Å²) in [6.07, 6.45) is 2.80. The van der Waals surface area contributed by atoms with E-state index in [0.29, 0.717) is 6.42 Å². The van der Waals surface area contributed by atoms with E-state index in [1.165, 1.54) is 22.3 Å². The van der Waals surface area contributed by atoms with Crippen molar-refractivity contribution in [3.05, 3.63) is 53.1 Å². The molecular weight excluding hydrogens is 248 g/mol. The summed E-state index contributed by atoms with van der Waals surface area (Å²) in [5.74, 6) is 1.29. The smallest absolute Gasteiger partial charge is 0.163 e. The minimum absolute atomic E-state index is 0.276. The first kappa shape index (κ1) is 11.7. The normalized spacial score (nSPS) is 19.6. The van der Waals surface area contributed by atoms with Crippen molar-refractivity contribution >= 4 is 5.78 Å². The van der Waals surface area contributed by atoms with Gasteiger partial charge < -0.3 is 4.74 Å². The maximum Gasteiger partial charge on any atom is 0.163 e. The van der Waals surface area contributed by atoms with E-state index >= 15 is 0 Å². The molecule has 1 unspecified atom stereocenters. The Morgan fingerprint density at radius 1 is 1.00 bits per heavy atom. The summed E-state index contributed by atoms with van der Waals surface area (Å²) in [4.78, 5) is 11.7. The molecule has 2 aliphatic rings. The lowest BCUT2D eigenvalue weighted by Gasteiger charge is -2.07. The fraction of sp³-hybridized carbons (Fsp3) is 0.278. The first-order chi connectivity index (χ1) is 9.70. The number of hydrogen-bond donors (Lipinski definition) is 0. The molecule has 2 nitrogen and oxygen atoms in total. The molecule has 100 valence electrons. The highest BCUT2D eigenvalue weighted by molar-refractivity contribution is 6.00. The Morgan fingerprint density at radius 3 is 2.60 bits per heavy atom. The molecule has 1 heterocycles. The molecule has 4 rings (SSSR count). The molecule has 0 radical (unpaired) electrons. The van der Waals surface area contributed by atoms with Crippen LogP contribution in [0.2, 0.25) is 0 Å². The van der Waals surface area contributed by atoms with Gasteiger partial charge in [-0.1, -0.05) is 24.3 Å². The molecule has 0 spiro atoms. The van der Waals surface area contributed by atoms with E-state index in [-0.39, 0.29) is 11.9 Å². The van der Waals surface area contributed by atoms with Gasteiger partial charge in [-0.3, -0.25) is 4.79 Å². The number of ketones is 1. The average molecular weight is 264 g/mol. The van der Waals surface area contributed by atoms with Gasteiger partial charge in [-0.2, -0.15) is 0 Å². The third kappa shape index (κ3) is 1.75. The fourth-order valence-electron chi connectivity index (χ4n) is 3.24. The molecule has 2 heteroatoms. The van der Waals surface area contributed by atoms with Crippen molar-refractivity contribution in [2.24, 2.45) is 0 Å². The van der Waals surface area contributed by atoms with Crippen LogP contribution in [0, 0.1) is 0 Å². The Hall–Kier alpha value is -2.09. The molecular formula is C18H16O2. The van der Waals surface area contributed by atoms with Crippen molar-refractivity contribution in [2.45, 2.75) is 32.3 Å². The van der Waals surface area contributed by atoms with E-state index in [0.717, 1.165) is 24.2 Å². The van der Waals surface area contributed by atoms with Gasteiger partial charge in [-0.25, -0.2) is 0 Å². The van der Waals surface area contributed by atoms with Gasteiger partial charge in [-0.05, 0) is 47.7 Å². The SMILES string of the molecule is CC1Cc2cc(-c3ccc4c(c3)CCC4=O)ccc2O1. The van der Waals surface area contributed by atoms with Crippen LogP contribution < -0.4 is 4.74 Å². The van der Waals surface area contributed by atoms with Gasteiger partial charge in [0.2, 0.25) is 0 Å². The van der Waals surface area contributed by atoms with E-state index in [2.05, 4.69) is 37.3 Å². The zero-order chi connectivity index (χ0) is 13.7. The van der Waals surface area contributed by atoms with Crippen molar-refractivity contribution in [1.29, 1.82) is 0 Å². The lowest BCUT2D eigenvalue weighted by atomic mass is 9.98. The zero-order valence-electron chi connectivity index (χ0n) is 11.5. The Labute approximate surface area is 118 Å². The van der Waals surface area contributed by atoms with E-state index in [9.17, 15) is 4.79 Å². The van der Waals surface area contributed by atoms with Crippen LogP contribution in [0.3, 0.4) is 0 Å². The predicted molar refractivity (Wildman–Crippen MR) is 78.3 cm³/mol. The van der Waals surface area contributed by atoms with E-state index in [1.54, 1.807) is 0 Å². The lowest BCUT2D eigenvalue weighted by Crippen LogP contribution is -2.05. The van der Waals surface area contributed by atoms with Crippen LogP contribution in [0.1, 0.15) is 34.8 Å². The maximum absolute atomic E-state index is 11.7. The molecule has 0 N–H and O–H groups in total. The number of aryl methyl sites for hydroxylation is 1. The number of Topliss-reactive ketones (excluding diaryl/α,β-unsaturated/α-hetero) is 1. The number of rotatable bonds is 1. The van der Waals surface area contributed by atoms with Gasteiger partial charge in [-0.15, -0.1) is 0 Å². The van der Waals surface area contributed by atoms with Crippen molar-refractivity contribution in [2.75, 3.05) is 0 Å². The minimum Gasteiger partial charge on any atom is -0.490 e. The minimum atomic E-state index is 0.276. The second-order valence-corrected chi connectivity index (χ2v) is 5.75. The molecule has 0 saturated heterocycles. The van der Waals surface area contributed by atoms with Crippen LogP contribution >= 0.6 is 0 Å². The summed E-state index contributed by atoms with van der Waals surface area (Å²) in [5, 5.41) is 0. The lowest BCUT2D eigenvalue weighted by molar-refractivity contribution is 0.0994. The number of ether oxygens (including phenoxy) is 1. The first-order valence-corrected chi connectivity index (χ1v) is 7.17. The van der Waals surface area contributed by atoms with Crippen LogP contribution in [0.4, 0.5) is 0 Å². The third-order valence-electron chi connectivity index (χ3n) is 4.26. The third-order valence-corrected chi connectivity index (χ3v) is 4.26. The summed E-state index contributed by atoms with van der Waals surface area (Å²) in [6, 6.07) is 12.6. The summed E-state index contributed by atoms with van der Waals surface area (Å²) in [6.45, 7) is 2.10. The number of carbonyl (C=O) groups excluding carboxylic acids is 1. The Bertz CT molecular complexity index is 715. The Morgan fingerprint density at radius 2 is 1.75 bits per heavy atom. The van der Waals surface area contributed by atoms with Crippen molar-refractivity contribution in [3.8, 4) is 16.9 Å². The van der Waals surface area contributed by atoms with Crippen molar-refractivity contribution < 1.29 is 9.53 Å². The molecule has 2 aromatic rings. The number of fused-ring (bicyclic) bond motifs is 2. The van der Waals surface area contributed by atoms with Crippen LogP contribution in [0.25, 0.3) is 11.1 Å². The zero-order valence-corrected chi connectivity index (χ0v) is 11.5.